The highest BCUT2D eigenvalue weighted by Crippen LogP contribution is 2.47. The van der Waals surface area contributed by atoms with Crippen molar-refractivity contribution in [3.05, 3.63) is 47.5 Å². The second-order valence-electron chi connectivity index (χ2n) is 12.7. The van der Waals surface area contributed by atoms with Crippen LogP contribution in [0, 0.1) is 0 Å². The molecule has 1 aromatic carbocycles. The molecule has 0 bridgehead atoms. The fourth-order valence-electron chi connectivity index (χ4n) is 5.63. The molecule has 0 unspecified atom stereocenters. The van der Waals surface area contributed by atoms with Crippen LogP contribution in [-0.2, 0) is 28.6 Å². The third-order valence-corrected chi connectivity index (χ3v) is 7.85. The number of halogens is 2. The van der Waals surface area contributed by atoms with E-state index in [1.165, 1.54) is 4.90 Å². The number of benzene rings is 1. The molecule has 1 saturated heterocycles. The molecule has 2 heterocycles. The number of carbonyl (C=O) groups excluding carboxylic acids is 5. The summed E-state index contributed by atoms with van der Waals surface area (Å²) >= 11 is 0. The van der Waals surface area contributed by atoms with Gasteiger partial charge in [0.1, 0.15) is 23.8 Å². The molecular formula is C32H41F2N3O8. The van der Waals surface area contributed by atoms with Gasteiger partial charge in [-0.05, 0) is 64.3 Å². The number of esters is 2. The molecule has 11 nitrogen and oxygen atoms in total. The zero-order valence-electron chi connectivity index (χ0n) is 26.0. The zero-order valence-corrected chi connectivity index (χ0v) is 26.0. The molecule has 2 fully saturated rings. The Balaban J connectivity index is 1.66. The lowest BCUT2D eigenvalue weighted by Gasteiger charge is -2.30. The molecule has 4 rings (SSSR count). The summed E-state index contributed by atoms with van der Waals surface area (Å²) in [6, 6.07) is 5.80. The Morgan fingerprint density at radius 3 is 2.47 bits per heavy atom. The molecule has 13 heteroatoms. The zero-order chi connectivity index (χ0) is 33.0. The van der Waals surface area contributed by atoms with Crippen molar-refractivity contribution in [1.29, 1.82) is 0 Å². The summed E-state index contributed by atoms with van der Waals surface area (Å²) in [5.74, 6) is -6.20. The molecule has 0 spiro atoms. The van der Waals surface area contributed by atoms with E-state index in [2.05, 4.69) is 10.6 Å². The number of hydrogen-bond donors (Lipinski definition) is 2. The van der Waals surface area contributed by atoms with Gasteiger partial charge >= 0.3 is 18.0 Å². The SMILES string of the molecule is CCOC(=O)[C@@]12C/C1=C\C(F)(F)CCCCC[C@H](NC(=O)OC(C)(C)C)C(=O)N1C[C@@H](OC(=O)c3ccccc3)C[C@H]1C(=O)N2. The highest BCUT2D eigenvalue weighted by molar-refractivity contribution is 5.99. The molecule has 45 heavy (non-hydrogen) atoms. The average Bonchev–Trinajstić information content (AvgIpc) is 3.45. The number of rotatable bonds is 5. The number of alkyl halides is 2. The van der Waals surface area contributed by atoms with Crippen molar-refractivity contribution in [3.8, 4) is 0 Å². The first-order chi connectivity index (χ1) is 21.1. The number of nitrogens with one attached hydrogen (secondary N) is 2. The van der Waals surface area contributed by atoms with Crippen LogP contribution in [0.1, 0.15) is 83.0 Å². The van der Waals surface area contributed by atoms with Crippen LogP contribution >= 0.6 is 0 Å². The van der Waals surface area contributed by atoms with Crippen LogP contribution in [0.4, 0.5) is 13.6 Å². The van der Waals surface area contributed by atoms with Gasteiger partial charge in [-0.25, -0.2) is 23.2 Å². The first kappa shape index (κ1) is 33.9. The van der Waals surface area contributed by atoms with Crippen LogP contribution in [0.5, 0.6) is 0 Å². The quantitative estimate of drug-likeness (QED) is 0.281. The van der Waals surface area contributed by atoms with E-state index >= 15 is 0 Å². The van der Waals surface area contributed by atoms with Crippen LogP contribution in [0.2, 0.25) is 0 Å². The number of alkyl carbamates (subject to hydrolysis) is 1. The number of carbonyl (C=O) groups is 5. The maximum Gasteiger partial charge on any atom is 0.408 e. The van der Waals surface area contributed by atoms with Crippen LogP contribution in [0.25, 0.3) is 0 Å². The summed E-state index contributed by atoms with van der Waals surface area (Å²) in [7, 11) is 0. The number of amides is 3. The van der Waals surface area contributed by atoms with Crippen LogP contribution in [0.15, 0.2) is 42.0 Å². The molecule has 0 aromatic heterocycles. The lowest BCUT2D eigenvalue weighted by atomic mass is 10.0. The van der Waals surface area contributed by atoms with E-state index in [0.29, 0.717) is 12.8 Å². The monoisotopic (exact) mass is 633 g/mol. The van der Waals surface area contributed by atoms with Crippen molar-refractivity contribution in [2.75, 3.05) is 13.2 Å². The van der Waals surface area contributed by atoms with Crippen molar-refractivity contribution in [2.45, 2.75) is 108 Å². The van der Waals surface area contributed by atoms with E-state index < -0.39 is 71.5 Å². The van der Waals surface area contributed by atoms with E-state index in [4.69, 9.17) is 14.2 Å². The van der Waals surface area contributed by atoms with E-state index in [1.807, 2.05) is 0 Å². The Bertz CT molecular complexity index is 1330. The normalized spacial score (nSPS) is 28.1. The second kappa shape index (κ2) is 13.5. The first-order valence-electron chi connectivity index (χ1n) is 15.3. The van der Waals surface area contributed by atoms with Crippen molar-refractivity contribution in [1.82, 2.24) is 15.5 Å². The Labute approximate surface area is 261 Å². The lowest BCUT2D eigenvalue weighted by Crippen LogP contribution is -2.56. The maximum atomic E-state index is 14.9. The molecule has 1 aliphatic carbocycles. The summed E-state index contributed by atoms with van der Waals surface area (Å²) in [6.07, 6.45) is -0.956. The van der Waals surface area contributed by atoms with Gasteiger partial charge in [0, 0.05) is 19.3 Å². The molecular weight excluding hydrogens is 592 g/mol. The number of hydrogen-bond acceptors (Lipinski definition) is 8. The van der Waals surface area contributed by atoms with E-state index in [0.717, 1.165) is 6.08 Å². The lowest BCUT2D eigenvalue weighted by molar-refractivity contribution is -0.149. The molecule has 4 atom stereocenters. The van der Waals surface area contributed by atoms with Crippen molar-refractivity contribution in [3.63, 3.8) is 0 Å². The molecule has 246 valence electrons. The van der Waals surface area contributed by atoms with Gasteiger partial charge < -0.3 is 29.7 Å². The second-order valence-corrected chi connectivity index (χ2v) is 12.7. The largest absolute Gasteiger partial charge is 0.464 e. The van der Waals surface area contributed by atoms with Crippen LogP contribution in [-0.4, -0.2) is 83.1 Å². The minimum absolute atomic E-state index is 0.0292. The van der Waals surface area contributed by atoms with Crippen LogP contribution < -0.4 is 10.6 Å². The van der Waals surface area contributed by atoms with Crippen LogP contribution in [0.3, 0.4) is 0 Å². The minimum Gasteiger partial charge on any atom is -0.464 e. The molecule has 0 radical (unpaired) electrons. The van der Waals surface area contributed by atoms with Crippen molar-refractivity contribution >= 4 is 29.8 Å². The molecule has 3 aliphatic rings. The van der Waals surface area contributed by atoms with Crippen molar-refractivity contribution < 1.29 is 47.0 Å². The highest BCUT2D eigenvalue weighted by Gasteiger charge is 2.60. The van der Waals surface area contributed by atoms with Crippen molar-refractivity contribution in [2.24, 2.45) is 0 Å². The average molecular weight is 634 g/mol. The Hall–Kier alpha value is -4.03. The predicted octanol–water partition coefficient (Wildman–Crippen LogP) is 4.05. The molecule has 1 aromatic rings. The van der Waals surface area contributed by atoms with Gasteiger partial charge in [-0.1, -0.05) is 31.0 Å². The summed E-state index contributed by atoms with van der Waals surface area (Å²) in [4.78, 5) is 67.6. The first-order valence-corrected chi connectivity index (χ1v) is 15.3. The smallest absolute Gasteiger partial charge is 0.408 e. The Morgan fingerprint density at radius 1 is 1.09 bits per heavy atom. The fraction of sp³-hybridized carbons (Fsp3) is 0.594. The summed E-state index contributed by atoms with van der Waals surface area (Å²) in [5, 5.41) is 5.16. The maximum absolute atomic E-state index is 14.9. The molecule has 3 amide bonds. The predicted molar refractivity (Wildman–Crippen MR) is 157 cm³/mol. The summed E-state index contributed by atoms with van der Waals surface area (Å²) in [5.41, 5.74) is -2.35. The number of allylic oxidation sites excluding steroid dienone is 1. The summed E-state index contributed by atoms with van der Waals surface area (Å²) < 4.78 is 46.0. The topological polar surface area (TPSA) is 140 Å². The Morgan fingerprint density at radius 2 is 1.80 bits per heavy atom. The van der Waals surface area contributed by atoms with E-state index in [9.17, 15) is 32.8 Å². The highest BCUT2D eigenvalue weighted by atomic mass is 19.3. The fourth-order valence-corrected chi connectivity index (χ4v) is 5.63. The molecule has 2 aliphatic heterocycles. The third kappa shape index (κ3) is 8.58. The van der Waals surface area contributed by atoms with Gasteiger partial charge in [0.2, 0.25) is 11.8 Å². The van der Waals surface area contributed by atoms with Gasteiger partial charge in [0.25, 0.3) is 5.92 Å². The molecule has 2 N–H and O–H groups in total. The van der Waals surface area contributed by atoms with Gasteiger partial charge in [-0.15, -0.1) is 0 Å². The van der Waals surface area contributed by atoms with Gasteiger partial charge in [-0.2, -0.15) is 0 Å². The van der Waals surface area contributed by atoms with Gasteiger partial charge in [-0.3, -0.25) is 9.59 Å². The molecule has 1 saturated carbocycles. The number of nitrogens with zero attached hydrogens (tertiary/aromatic N) is 1. The third-order valence-electron chi connectivity index (χ3n) is 7.85. The number of fused-ring (bicyclic) bond motifs is 2. The van der Waals surface area contributed by atoms with E-state index in [-0.39, 0.29) is 50.0 Å². The van der Waals surface area contributed by atoms with Gasteiger partial charge in [0.05, 0.1) is 18.7 Å². The Kier molecular flexibility index (Phi) is 10.2. The number of ether oxygens (including phenoxy) is 3. The standard InChI is InChI=1S/C32H41F2N3O8/c1-5-43-28(41)32-18-21(32)17-31(33,34)15-11-7-10-14-23(35-29(42)45-30(2,3)4)26(39)37-19-22(16-24(37)25(38)36-32)44-27(40)20-12-8-6-9-13-20/h6,8-9,12-13,17,22-24H,5,7,10-11,14-16,18-19H2,1-4H3,(H,35,42)(H,36,38)/b21-17+/t22-,23-,24-,32+/m0/s1. The van der Waals surface area contributed by atoms with E-state index in [1.54, 1.807) is 58.0 Å². The summed E-state index contributed by atoms with van der Waals surface area (Å²) in [6.45, 7) is 6.34. The minimum atomic E-state index is -3.24. The van der Waals surface area contributed by atoms with Gasteiger partial charge in [0.15, 0.2) is 5.54 Å².